The molecule has 1 aromatic rings. The molecule has 3 saturated carbocycles. The molecule has 0 saturated heterocycles. The highest BCUT2D eigenvalue weighted by molar-refractivity contribution is 5.89. The fourth-order valence-electron chi connectivity index (χ4n) is 8.29. The first-order valence-electron chi connectivity index (χ1n) is 19.6. The minimum absolute atomic E-state index is 0.176. The smallest absolute Gasteiger partial charge is 0.338 e. The standard InChI is InChI=1S/C41H68O4/c1-3-5-30-43-40-28-18-35(19-29-40)13-9-8-12-34-14-20-36(21-15-34)37-22-24-38(25-23-37)41(42)45-32-11-7-6-10-31-44-39-26-16-33(4-2)17-27-39/h22-25,33-36,39-40H,3-21,26-32H2,1-2H3. The largest absolute Gasteiger partial charge is 0.462 e. The molecule has 3 aliphatic rings. The van der Waals surface area contributed by atoms with Crippen molar-refractivity contribution >= 4 is 5.97 Å². The number of hydrogen-bond donors (Lipinski definition) is 0. The second kappa shape index (κ2) is 21.5. The van der Waals surface area contributed by atoms with Gasteiger partial charge in [-0.05, 0) is 144 Å². The van der Waals surface area contributed by atoms with Gasteiger partial charge in [-0.1, -0.05) is 70.9 Å². The van der Waals surface area contributed by atoms with Crippen LogP contribution in [0, 0.1) is 17.8 Å². The van der Waals surface area contributed by atoms with Crippen molar-refractivity contribution in [2.24, 2.45) is 17.8 Å². The normalized spacial score (nSPS) is 27.3. The summed E-state index contributed by atoms with van der Waals surface area (Å²) in [5, 5.41) is 0. The van der Waals surface area contributed by atoms with E-state index in [1.54, 1.807) is 0 Å². The van der Waals surface area contributed by atoms with Crippen molar-refractivity contribution in [1.29, 1.82) is 0 Å². The van der Waals surface area contributed by atoms with Crippen LogP contribution in [0.15, 0.2) is 24.3 Å². The number of unbranched alkanes of at least 4 members (excludes halogenated alkanes) is 5. The number of benzene rings is 1. The molecule has 0 aromatic heterocycles. The third-order valence-corrected chi connectivity index (χ3v) is 11.6. The summed E-state index contributed by atoms with van der Waals surface area (Å²) in [6, 6.07) is 8.33. The number of hydrogen-bond acceptors (Lipinski definition) is 4. The van der Waals surface area contributed by atoms with Crippen molar-refractivity contribution in [2.45, 2.75) is 180 Å². The summed E-state index contributed by atoms with van der Waals surface area (Å²) < 4.78 is 17.7. The lowest BCUT2D eigenvalue weighted by atomic mass is 9.76. The van der Waals surface area contributed by atoms with E-state index in [9.17, 15) is 4.79 Å². The van der Waals surface area contributed by atoms with Gasteiger partial charge in [-0.25, -0.2) is 4.79 Å². The fourth-order valence-corrected chi connectivity index (χ4v) is 8.29. The lowest BCUT2D eigenvalue weighted by Crippen LogP contribution is -2.22. The van der Waals surface area contributed by atoms with Crippen molar-refractivity contribution < 1.29 is 19.0 Å². The Kier molecular flexibility index (Phi) is 17.4. The molecule has 0 aliphatic heterocycles. The molecule has 1 aromatic carbocycles. The van der Waals surface area contributed by atoms with Crippen LogP contribution in [-0.4, -0.2) is 38.0 Å². The quantitative estimate of drug-likeness (QED) is 0.107. The molecule has 45 heavy (non-hydrogen) atoms. The van der Waals surface area contributed by atoms with Gasteiger partial charge in [-0.2, -0.15) is 0 Å². The van der Waals surface area contributed by atoms with Gasteiger partial charge < -0.3 is 14.2 Å². The number of carbonyl (C=O) groups excluding carboxylic acids is 1. The summed E-state index contributed by atoms with van der Waals surface area (Å²) in [5.74, 6) is 3.26. The summed E-state index contributed by atoms with van der Waals surface area (Å²) in [6.07, 6.45) is 30.6. The molecule has 256 valence electrons. The lowest BCUT2D eigenvalue weighted by Gasteiger charge is -2.30. The van der Waals surface area contributed by atoms with Crippen LogP contribution in [0.3, 0.4) is 0 Å². The third-order valence-electron chi connectivity index (χ3n) is 11.6. The predicted octanol–water partition coefficient (Wildman–Crippen LogP) is 11.6. The second-order valence-corrected chi connectivity index (χ2v) is 15.0. The molecule has 0 N–H and O–H groups in total. The van der Waals surface area contributed by atoms with Gasteiger partial charge in [-0.15, -0.1) is 0 Å². The average molecular weight is 625 g/mol. The minimum Gasteiger partial charge on any atom is -0.462 e. The maximum absolute atomic E-state index is 12.6. The Labute approximate surface area is 277 Å². The zero-order valence-electron chi connectivity index (χ0n) is 29.3. The summed E-state index contributed by atoms with van der Waals surface area (Å²) in [5.41, 5.74) is 2.09. The summed E-state index contributed by atoms with van der Waals surface area (Å²) in [7, 11) is 0. The number of esters is 1. The molecule has 0 radical (unpaired) electrons. The predicted molar refractivity (Wildman–Crippen MR) is 187 cm³/mol. The van der Waals surface area contributed by atoms with E-state index >= 15 is 0 Å². The van der Waals surface area contributed by atoms with Gasteiger partial charge in [0, 0.05) is 13.2 Å². The van der Waals surface area contributed by atoms with Crippen molar-refractivity contribution in [3.63, 3.8) is 0 Å². The molecule has 0 amide bonds. The van der Waals surface area contributed by atoms with Crippen LogP contribution < -0.4 is 0 Å². The molecule has 4 nitrogen and oxygen atoms in total. The Morgan fingerprint density at radius 2 is 1.09 bits per heavy atom. The Morgan fingerprint density at radius 3 is 1.64 bits per heavy atom. The van der Waals surface area contributed by atoms with Crippen LogP contribution in [0.1, 0.15) is 183 Å². The van der Waals surface area contributed by atoms with E-state index in [4.69, 9.17) is 14.2 Å². The maximum Gasteiger partial charge on any atom is 0.338 e. The number of ether oxygens (including phenoxy) is 3. The second-order valence-electron chi connectivity index (χ2n) is 15.0. The highest BCUT2D eigenvalue weighted by atomic mass is 16.5. The van der Waals surface area contributed by atoms with Gasteiger partial charge in [-0.3, -0.25) is 0 Å². The van der Waals surface area contributed by atoms with Crippen molar-refractivity contribution in [3.05, 3.63) is 35.4 Å². The Hall–Kier alpha value is -1.39. The van der Waals surface area contributed by atoms with Gasteiger partial charge in [0.05, 0.1) is 24.4 Å². The first-order valence-corrected chi connectivity index (χ1v) is 19.6. The molecule has 0 bridgehead atoms. The Balaban J connectivity index is 0.983. The molecule has 4 rings (SSSR count). The Bertz CT molecular complexity index is 889. The molecular formula is C41H68O4. The van der Waals surface area contributed by atoms with E-state index in [0.717, 1.165) is 56.7 Å². The van der Waals surface area contributed by atoms with Crippen LogP contribution >= 0.6 is 0 Å². The monoisotopic (exact) mass is 625 g/mol. The van der Waals surface area contributed by atoms with Crippen LogP contribution in [0.25, 0.3) is 0 Å². The lowest BCUT2D eigenvalue weighted by molar-refractivity contribution is 0.0155. The summed E-state index contributed by atoms with van der Waals surface area (Å²) in [6.45, 7) is 6.91. The average Bonchev–Trinajstić information content (AvgIpc) is 3.09. The van der Waals surface area contributed by atoms with E-state index in [1.165, 1.54) is 128 Å². The van der Waals surface area contributed by atoms with Crippen molar-refractivity contribution in [3.8, 4) is 0 Å². The molecule has 0 spiro atoms. The minimum atomic E-state index is -0.176. The van der Waals surface area contributed by atoms with Crippen molar-refractivity contribution in [1.82, 2.24) is 0 Å². The van der Waals surface area contributed by atoms with Gasteiger partial charge >= 0.3 is 5.97 Å². The molecule has 3 fully saturated rings. The highest BCUT2D eigenvalue weighted by Crippen LogP contribution is 2.38. The zero-order valence-corrected chi connectivity index (χ0v) is 29.3. The van der Waals surface area contributed by atoms with E-state index in [0.29, 0.717) is 30.3 Å². The van der Waals surface area contributed by atoms with Crippen LogP contribution in [0.5, 0.6) is 0 Å². The third kappa shape index (κ3) is 13.7. The number of rotatable bonds is 20. The molecule has 0 heterocycles. The van der Waals surface area contributed by atoms with E-state index < -0.39 is 0 Å². The summed E-state index contributed by atoms with van der Waals surface area (Å²) >= 11 is 0. The highest BCUT2D eigenvalue weighted by Gasteiger charge is 2.24. The van der Waals surface area contributed by atoms with Gasteiger partial charge in [0.2, 0.25) is 0 Å². The zero-order chi connectivity index (χ0) is 31.5. The van der Waals surface area contributed by atoms with E-state index in [2.05, 4.69) is 26.0 Å². The topological polar surface area (TPSA) is 44.8 Å². The molecule has 3 aliphatic carbocycles. The molecular weight excluding hydrogens is 556 g/mol. The van der Waals surface area contributed by atoms with Gasteiger partial charge in [0.25, 0.3) is 0 Å². The van der Waals surface area contributed by atoms with Crippen LogP contribution in [0.4, 0.5) is 0 Å². The summed E-state index contributed by atoms with van der Waals surface area (Å²) in [4.78, 5) is 12.6. The van der Waals surface area contributed by atoms with E-state index in [1.807, 2.05) is 12.1 Å². The first-order chi connectivity index (χ1) is 22.1. The molecule has 0 unspecified atom stereocenters. The van der Waals surface area contributed by atoms with Crippen molar-refractivity contribution in [2.75, 3.05) is 19.8 Å². The maximum atomic E-state index is 12.6. The number of carbonyl (C=O) groups is 1. The van der Waals surface area contributed by atoms with Crippen LogP contribution in [-0.2, 0) is 14.2 Å². The fraction of sp³-hybridized carbons (Fsp3) is 0.829. The van der Waals surface area contributed by atoms with E-state index in [-0.39, 0.29) is 5.97 Å². The SMILES string of the molecule is CCCCOC1CCC(CCCCC2CCC(c3ccc(C(=O)OCCCCCCOC4CCC(CC)CC4)cc3)CC2)CC1. The van der Waals surface area contributed by atoms with Gasteiger partial charge in [0.15, 0.2) is 0 Å². The molecule has 4 heteroatoms. The van der Waals surface area contributed by atoms with Crippen LogP contribution in [0.2, 0.25) is 0 Å². The Morgan fingerprint density at radius 1 is 0.578 bits per heavy atom. The first kappa shape index (κ1) is 36.4. The van der Waals surface area contributed by atoms with Gasteiger partial charge in [0.1, 0.15) is 0 Å². The molecule has 0 atom stereocenters.